The molecule has 0 saturated carbocycles. The van der Waals surface area contributed by atoms with Gasteiger partial charge in [-0.1, -0.05) is 13.3 Å². The molecule has 1 atom stereocenters. The number of carbonyl (C=O) groups is 2. The average Bonchev–Trinajstić information content (AvgIpc) is 2.80. The summed E-state index contributed by atoms with van der Waals surface area (Å²) in [7, 11) is 0. The molecule has 1 aliphatic rings. The molecular formula is C13H24N2O3S. The molecule has 1 aliphatic heterocycles. The number of hydrogen-bond acceptors (Lipinski definition) is 3. The van der Waals surface area contributed by atoms with E-state index in [-0.39, 0.29) is 6.03 Å². The zero-order chi connectivity index (χ0) is 14.3. The molecular weight excluding hydrogens is 264 g/mol. The number of carboxylic acid groups (broad SMARTS) is 1. The van der Waals surface area contributed by atoms with Gasteiger partial charge in [0, 0.05) is 13.1 Å². The van der Waals surface area contributed by atoms with Gasteiger partial charge in [0.05, 0.1) is 0 Å². The highest BCUT2D eigenvalue weighted by atomic mass is 32.2. The van der Waals surface area contributed by atoms with E-state index in [4.69, 9.17) is 0 Å². The predicted molar refractivity (Wildman–Crippen MR) is 77.6 cm³/mol. The van der Waals surface area contributed by atoms with Crippen molar-refractivity contribution in [3.63, 3.8) is 0 Å². The van der Waals surface area contributed by atoms with E-state index in [0.717, 1.165) is 25.0 Å². The highest BCUT2D eigenvalue weighted by Crippen LogP contribution is 2.33. The Hall–Kier alpha value is -0.910. The maximum atomic E-state index is 12.1. The summed E-state index contributed by atoms with van der Waals surface area (Å²) >= 11 is 1.74. The molecule has 5 nitrogen and oxygen atoms in total. The van der Waals surface area contributed by atoms with Gasteiger partial charge in [-0.05, 0) is 37.7 Å². The first-order valence-corrected chi connectivity index (χ1v) is 8.25. The van der Waals surface area contributed by atoms with Crippen LogP contribution in [0.3, 0.4) is 0 Å². The van der Waals surface area contributed by atoms with Gasteiger partial charge in [0.2, 0.25) is 0 Å². The molecule has 19 heavy (non-hydrogen) atoms. The number of nitrogens with zero attached hydrogens (tertiary/aromatic N) is 1. The topological polar surface area (TPSA) is 69.6 Å². The molecule has 110 valence electrons. The Labute approximate surface area is 119 Å². The van der Waals surface area contributed by atoms with Gasteiger partial charge in [0.15, 0.2) is 0 Å². The van der Waals surface area contributed by atoms with Crippen molar-refractivity contribution < 1.29 is 14.7 Å². The van der Waals surface area contributed by atoms with Crippen molar-refractivity contribution in [3.8, 4) is 0 Å². The number of aliphatic carboxylic acids is 1. The minimum Gasteiger partial charge on any atom is -0.479 e. The van der Waals surface area contributed by atoms with Gasteiger partial charge in [-0.2, -0.15) is 11.8 Å². The molecule has 0 radical (unpaired) electrons. The normalized spacial score (nSPS) is 22.5. The van der Waals surface area contributed by atoms with Crippen LogP contribution in [-0.4, -0.2) is 52.6 Å². The maximum absolute atomic E-state index is 12.1. The lowest BCUT2D eigenvalue weighted by Gasteiger charge is -2.34. The largest absolute Gasteiger partial charge is 0.479 e. The number of rotatable bonds is 7. The molecule has 0 spiro atoms. The standard InChI is InChI=1S/C13H24N2O3S/c1-3-6-13(11(16)17)7-4-9-15(13)12(18)14-8-5-10-19-2/h3-10H2,1-2H3,(H,14,18)(H,16,17). The number of carbonyl (C=O) groups excluding carboxylic acids is 1. The van der Waals surface area contributed by atoms with Crippen molar-refractivity contribution in [1.82, 2.24) is 10.2 Å². The first-order chi connectivity index (χ1) is 9.08. The molecule has 1 rings (SSSR count). The molecule has 0 aromatic heterocycles. The quantitative estimate of drug-likeness (QED) is 0.704. The van der Waals surface area contributed by atoms with Gasteiger partial charge in [0.25, 0.3) is 0 Å². The minimum atomic E-state index is -0.988. The Kier molecular flexibility index (Phi) is 6.48. The number of hydrogen-bond donors (Lipinski definition) is 2. The second kappa shape index (κ2) is 7.62. The minimum absolute atomic E-state index is 0.227. The van der Waals surface area contributed by atoms with E-state index in [1.165, 1.54) is 4.90 Å². The fourth-order valence-corrected chi connectivity index (χ4v) is 3.12. The summed E-state index contributed by atoms with van der Waals surface area (Å²) in [5.41, 5.74) is -0.988. The summed E-state index contributed by atoms with van der Waals surface area (Å²) in [6, 6.07) is -0.227. The summed E-state index contributed by atoms with van der Waals surface area (Å²) in [5.74, 6) is 0.130. The fourth-order valence-electron chi connectivity index (χ4n) is 2.68. The molecule has 1 saturated heterocycles. The highest BCUT2D eigenvalue weighted by Gasteiger charge is 2.49. The van der Waals surface area contributed by atoms with E-state index < -0.39 is 11.5 Å². The van der Waals surface area contributed by atoms with Crippen molar-refractivity contribution in [3.05, 3.63) is 0 Å². The second-order valence-electron chi connectivity index (χ2n) is 4.92. The second-order valence-corrected chi connectivity index (χ2v) is 5.91. The molecule has 1 heterocycles. The molecule has 0 aliphatic carbocycles. The number of amides is 2. The maximum Gasteiger partial charge on any atom is 0.329 e. The van der Waals surface area contributed by atoms with Crippen LogP contribution < -0.4 is 5.32 Å². The van der Waals surface area contributed by atoms with Crippen LogP contribution in [0.2, 0.25) is 0 Å². The van der Waals surface area contributed by atoms with E-state index >= 15 is 0 Å². The Morgan fingerprint density at radius 3 is 2.79 bits per heavy atom. The predicted octanol–water partition coefficient (Wildman–Crippen LogP) is 2.17. The van der Waals surface area contributed by atoms with Crippen LogP contribution in [0.5, 0.6) is 0 Å². The van der Waals surface area contributed by atoms with Crippen LogP contribution in [0.25, 0.3) is 0 Å². The summed E-state index contributed by atoms with van der Waals surface area (Å²) in [5, 5.41) is 12.3. The molecule has 0 aromatic carbocycles. The van der Waals surface area contributed by atoms with Crippen LogP contribution in [-0.2, 0) is 4.79 Å². The fraction of sp³-hybridized carbons (Fsp3) is 0.846. The molecule has 1 unspecified atom stereocenters. The third-order valence-electron chi connectivity index (χ3n) is 3.60. The summed E-state index contributed by atoms with van der Waals surface area (Å²) in [6.07, 6.45) is 5.57. The Morgan fingerprint density at radius 1 is 1.47 bits per heavy atom. The smallest absolute Gasteiger partial charge is 0.329 e. The number of carboxylic acids is 1. The van der Waals surface area contributed by atoms with Crippen LogP contribution in [0, 0.1) is 0 Å². The number of thioether (sulfide) groups is 1. The van der Waals surface area contributed by atoms with Gasteiger partial charge < -0.3 is 15.3 Å². The number of likely N-dealkylation sites (tertiary alicyclic amines) is 1. The van der Waals surface area contributed by atoms with Gasteiger partial charge in [-0.25, -0.2) is 9.59 Å². The van der Waals surface area contributed by atoms with Crippen molar-refractivity contribution in [2.45, 2.75) is 44.6 Å². The first-order valence-electron chi connectivity index (χ1n) is 6.86. The van der Waals surface area contributed by atoms with E-state index in [0.29, 0.717) is 25.9 Å². The number of nitrogens with one attached hydrogen (secondary N) is 1. The van der Waals surface area contributed by atoms with Crippen LogP contribution in [0.15, 0.2) is 0 Å². The first kappa shape index (κ1) is 16.1. The van der Waals surface area contributed by atoms with E-state index in [9.17, 15) is 14.7 Å². The lowest BCUT2D eigenvalue weighted by atomic mass is 9.91. The van der Waals surface area contributed by atoms with Crippen LogP contribution in [0.1, 0.15) is 39.0 Å². The van der Waals surface area contributed by atoms with Gasteiger partial charge in [-0.3, -0.25) is 0 Å². The van der Waals surface area contributed by atoms with E-state index in [1.54, 1.807) is 11.8 Å². The molecule has 2 amide bonds. The van der Waals surface area contributed by atoms with Crippen molar-refractivity contribution in [2.75, 3.05) is 25.1 Å². The Bertz CT molecular complexity index is 325. The van der Waals surface area contributed by atoms with Crippen molar-refractivity contribution in [1.29, 1.82) is 0 Å². The van der Waals surface area contributed by atoms with E-state index in [1.807, 2.05) is 13.2 Å². The Balaban J connectivity index is 2.63. The van der Waals surface area contributed by atoms with Gasteiger partial charge in [0.1, 0.15) is 5.54 Å². The zero-order valence-electron chi connectivity index (χ0n) is 11.8. The Morgan fingerprint density at radius 2 is 2.21 bits per heavy atom. The van der Waals surface area contributed by atoms with Crippen molar-refractivity contribution >= 4 is 23.8 Å². The van der Waals surface area contributed by atoms with E-state index in [2.05, 4.69) is 5.32 Å². The van der Waals surface area contributed by atoms with Gasteiger partial charge in [-0.15, -0.1) is 0 Å². The molecule has 1 fully saturated rings. The van der Waals surface area contributed by atoms with Crippen molar-refractivity contribution in [2.24, 2.45) is 0 Å². The average molecular weight is 288 g/mol. The number of urea groups is 1. The molecule has 6 heteroatoms. The summed E-state index contributed by atoms with van der Waals surface area (Å²) in [4.78, 5) is 25.3. The summed E-state index contributed by atoms with van der Waals surface area (Å²) < 4.78 is 0. The van der Waals surface area contributed by atoms with Crippen LogP contribution in [0.4, 0.5) is 4.79 Å². The van der Waals surface area contributed by atoms with Gasteiger partial charge >= 0.3 is 12.0 Å². The molecule has 0 bridgehead atoms. The third kappa shape index (κ3) is 3.78. The zero-order valence-corrected chi connectivity index (χ0v) is 12.6. The van der Waals surface area contributed by atoms with Crippen LogP contribution >= 0.6 is 11.8 Å². The monoisotopic (exact) mass is 288 g/mol. The third-order valence-corrected chi connectivity index (χ3v) is 4.29. The SMILES string of the molecule is CCCC1(C(=O)O)CCCN1C(=O)NCCCSC. The lowest BCUT2D eigenvalue weighted by molar-refractivity contribution is -0.148. The molecule has 2 N–H and O–H groups in total. The summed E-state index contributed by atoms with van der Waals surface area (Å²) in [6.45, 7) is 3.11. The molecule has 0 aromatic rings. The highest BCUT2D eigenvalue weighted by molar-refractivity contribution is 7.98. The lowest BCUT2D eigenvalue weighted by Crippen LogP contribution is -2.56.